The van der Waals surface area contributed by atoms with Crippen molar-refractivity contribution in [2.45, 2.75) is 6.92 Å². The molecule has 0 atom stereocenters. The zero-order chi connectivity index (χ0) is 7.28. The summed E-state index contributed by atoms with van der Waals surface area (Å²) in [5, 5.41) is 0. The molecule has 50 valence electrons. The summed E-state index contributed by atoms with van der Waals surface area (Å²) in [6, 6.07) is 0. The molecule has 0 N–H and O–H groups in total. The van der Waals surface area contributed by atoms with Crippen LogP contribution in [0.3, 0.4) is 0 Å². The Kier molecular flexibility index (Phi) is 3.60. The fourth-order valence-corrected chi connectivity index (χ4v) is 0.267. The van der Waals surface area contributed by atoms with E-state index in [9.17, 15) is 8.78 Å². The fraction of sp³-hybridized carbons (Fsp3) is 0.143. The zero-order valence-corrected chi connectivity index (χ0v) is 5.20. The number of allylic oxidation sites excluding steroid dienone is 5. The van der Waals surface area contributed by atoms with E-state index >= 15 is 0 Å². The molecule has 0 aromatic heterocycles. The molecule has 0 aliphatic heterocycles. The van der Waals surface area contributed by atoms with Gasteiger partial charge in [0, 0.05) is 0 Å². The first kappa shape index (κ1) is 8.08. The molecule has 2 heteroatoms. The van der Waals surface area contributed by atoms with Crippen LogP contribution in [0.15, 0.2) is 36.5 Å². The third-order valence-corrected chi connectivity index (χ3v) is 0.708. The molecule has 0 saturated carbocycles. The average molecular weight is 130 g/mol. The van der Waals surface area contributed by atoms with Gasteiger partial charge < -0.3 is 0 Å². The van der Waals surface area contributed by atoms with Crippen LogP contribution in [0.1, 0.15) is 6.92 Å². The lowest BCUT2D eigenvalue weighted by Gasteiger charge is -1.83. The maximum Gasteiger partial charge on any atom is 0.154 e. The molecule has 0 bridgehead atoms. The van der Waals surface area contributed by atoms with E-state index in [1.807, 2.05) is 0 Å². The highest BCUT2D eigenvalue weighted by Crippen LogP contribution is 2.07. The van der Waals surface area contributed by atoms with E-state index in [0.717, 1.165) is 13.0 Å². The molecule has 9 heavy (non-hydrogen) atoms. The average Bonchev–Trinajstić information content (AvgIpc) is 1.82. The van der Waals surface area contributed by atoms with Gasteiger partial charge in [0.1, 0.15) is 5.83 Å². The van der Waals surface area contributed by atoms with Gasteiger partial charge in [0.25, 0.3) is 0 Å². The second-order valence-corrected chi connectivity index (χ2v) is 1.48. The highest BCUT2D eigenvalue weighted by Gasteiger charge is 1.91. The Morgan fingerprint density at radius 1 is 1.44 bits per heavy atom. The van der Waals surface area contributed by atoms with Crippen molar-refractivity contribution in [2.75, 3.05) is 0 Å². The normalized spacial score (nSPS) is 13.7. The maximum atomic E-state index is 12.1. The van der Waals surface area contributed by atoms with Gasteiger partial charge >= 0.3 is 0 Å². The van der Waals surface area contributed by atoms with Crippen LogP contribution in [0.2, 0.25) is 0 Å². The molecule has 0 amide bonds. The van der Waals surface area contributed by atoms with Crippen molar-refractivity contribution < 1.29 is 8.78 Å². The minimum atomic E-state index is -0.852. The molecular formula is C7H8F2. The van der Waals surface area contributed by atoms with Crippen LogP contribution in [0, 0.1) is 0 Å². The Bertz CT molecular complexity index is 150. The topological polar surface area (TPSA) is 0 Å². The lowest BCUT2D eigenvalue weighted by atomic mass is 10.4. The molecule has 0 heterocycles. The third kappa shape index (κ3) is 3.64. The smallest absolute Gasteiger partial charge is 0.154 e. The van der Waals surface area contributed by atoms with Gasteiger partial charge in [-0.3, -0.25) is 0 Å². The minimum absolute atomic E-state index is 0.812. The van der Waals surface area contributed by atoms with Crippen LogP contribution in [-0.2, 0) is 0 Å². The predicted octanol–water partition coefficient (Wildman–Crippen LogP) is 2.90. The highest BCUT2D eigenvalue weighted by atomic mass is 19.2. The van der Waals surface area contributed by atoms with E-state index in [1.165, 1.54) is 12.2 Å². The summed E-state index contributed by atoms with van der Waals surface area (Å²) in [5.41, 5.74) is 0. The predicted molar refractivity (Wildman–Crippen MR) is 34.3 cm³/mol. The molecule has 0 aliphatic carbocycles. The second-order valence-electron chi connectivity index (χ2n) is 1.48. The molecule has 0 fully saturated rings. The van der Waals surface area contributed by atoms with Crippen molar-refractivity contribution in [1.82, 2.24) is 0 Å². The summed E-state index contributed by atoms with van der Waals surface area (Å²) < 4.78 is 23.9. The van der Waals surface area contributed by atoms with Crippen LogP contribution >= 0.6 is 0 Å². The SMILES string of the molecule is C=C/C=C\C(F)=C(/C)F. The van der Waals surface area contributed by atoms with Gasteiger partial charge in [-0.2, -0.15) is 0 Å². The lowest BCUT2D eigenvalue weighted by molar-refractivity contribution is 0.555. The van der Waals surface area contributed by atoms with E-state index in [1.54, 1.807) is 0 Å². The monoisotopic (exact) mass is 130 g/mol. The standard InChI is InChI=1S/C7H8F2/c1-3-4-5-7(9)6(2)8/h3-5H,1H2,2H3/b5-4-,7-6-. The van der Waals surface area contributed by atoms with Crippen molar-refractivity contribution >= 4 is 0 Å². The van der Waals surface area contributed by atoms with E-state index in [2.05, 4.69) is 6.58 Å². The molecule has 0 rings (SSSR count). The van der Waals surface area contributed by atoms with Crippen molar-refractivity contribution in [3.63, 3.8) is 0 Å². The number of hydrogen-bond acceptors (Lipinski definition) is 0. The third-order valence-electron chi connectivity index (χ3n) is 0.708. The van der Waals surface area contributed by atoms with Crippen LogP contribution in [0.5, 0.6) is 0 Å². The summed E-state index contributed by atoms with van der Waals surface area (Å²) in [7, 11) is 0. The van der Waals surface area contributed by atoms with Crippen LogP contribution < -0.4 is 0 Å². The maximum absolute atomic E-state index is 12.1. The van der Waals surface area contributed by atoms with Gasteiger partial charge in [0.15, 0.2) is 5.83 Å². The number of rotatable bonds is 2. The van der Waals surface area contributed by atoms with Crippen molar-refractivity contribution in [2.24, 2.45) is 0 Å². The molecular weight excluding hydrogens is 122 g/mol. The van der Waals surface area contributed by atoms with E-state index in [4.69, 9.17) is 0 Å². The van der Waals surface area contributed by atoms with Crippen molar-refractivity contribution in [3.05, 3.63) is 36.5 Å². The zero-order valence-electron chi connectivity index (χ0n) is 5.20. The molecule has 0 aromatic rings. The van der Waals surface area contributed by atoms with Gasteiger partial charge in [0.05, 0.1) is 0 Å². The summed E-state index contributed by atoms with van der Waals surface area (Å²) in [4.78, 5) is 0. The largest absolute Gasteiger partial charge is 0.209 e. The van der Waals surface area contributed by atoms with Crippen LogP contribution in [0.25, 0.3) is 0 Å². The van der Waals surface area contributed by atoms with Crippen molar-refractivity contribution in [3.8, 4) is 0 Å². The van der Waals surface area contributed by atoms with Gasteiger partial charge in [-0.05, 0) is 13.0 Å². The van der Waals surface area contributed by atoms with Gasteiger partial charge in [-0.25, -0.2) is 8.78 Å². The molecule has 0 nitrogen and oxygen atoms in total. The van der Waals surface area contributed by atoms with Gasteiger partial charge in [0.2, 0.25) is 0 Å². The first-order valence-electron chi connectivity index (χ1n) is 2.49. The number of halogens is 2. The molecule has 0 spiro atoms. The van der Waals surface area contributed by atoms with Crippen LogP contribution in [0.4, 0.5) is 8.78 Å². The van der Waals surface area contributed by atoms with E-state index in [0.29, 0.717) is 0 Å². The number of hydrogen-bond donors (Lipinski definition) is 0. The Morgan fingerprint density at radius 3 is 2.33 bits per heavy atom. The van der Waals surface area contributed by atoms with Gasteiger partial charge in [-0.15, -0.1) is 0 Å². The first-order chi connectivity index (χ1) is 4.18. The Balaban J connectivity index is 4.06. The van der Waals surface area contributed by atoms with E-state index < -0.39 is 11.7 Å². The Hall–Kier alpha value is -0.920. The molecule has 0 radical (unpaired) electrons. The molecule has 0 aromatic carbocycles. The lowest BCUT2D eigenvalue weighted by Crippen LogP contribution is -1.67. The highest BCUT2D eigenvalue weighted by molar-refractivity contribution is 5.16. The van der Waals surface area contributed by atoms with Gasteiger partial charge in [-0.1, -0.05) is 18.7 Å². The fourth-order valence-electron chi connectivity index (χ4n) is 0.267. The Morgan fingerprint density at radius 2 is 2.00 bits per heavy atom. The molecule has 0 saturated heterocycles. The van der Waals surface area contributed by atoms with Crippen LogP contribution in [-0.4, -0.2) is 0 Å². The Labute approximate surface area is 53.2 Å². The summed E-state index contributed by atoms with van der Waals surface area (Å²) >= 11 is 0. The quantitative estimate of drug-likeness (QED) is 0.504. The second kappa shape index (κ2) is 4.01. The summed E-state index contributed by atoms with van der Waals surface area (Å²) in [6.07, 6.45) is 3.73. The molecule has 0 aliphatic rings. The summed E-state index contributed by atoms with van der Waals surface area (Å²) in [5.74, 6) is -1.66. The summed E-state index contributed by atoms with van der Waals surface area (Å²) in [6.45, 7) is 4.35. The first-order valence-corrected chi connectivity index (χ1v) is 2.49. The minimum Gasteiger partial charge on any atom is -0.209 e. The van der Waals surface area contributed by atoms with Crippen molar-refractivity contribution in [1.29, 1.82) is 0 Å². The molecule has 0 unspecified atom stereocenters. The van der Waals surface area contributed by atoms with E-state index in [-0.39, 0.29) is 0 Å².